The van der Waals surface area contributed by atoms with Crippen LogP contribution in [0.2, 0.25) is 5.15 Å². The summed E-state index contributed by atoms with van der Waals surface area (Å²) in [5.74, 6) is -2.67. The van der Waals surface area contributed by atoms with Gasteiger partial charge in [0.25, 0.3) is 5.91 Å². The van der Waals surface area contributed by atoms with E-state index in [9.17, 15) is 22.0 Å². The minimum absolute atomic E-state index is 0.0494. The molecule has 33 heavy (non-hydrogen) atoms. The van der Waals surface area contributed by atoms with Crippen molar-refractivity contribution < 1.29 is 22.0 Å². The monoisotopic (exact) mass is 494 g/mol. The van der Waals surface area contributed by atoms with Crippen molar-refractivity contribution in [2.75, 3.05) is 26.2 Å². The molecule has 1 fully saturated rings. The van der Waals surface area contributed by atoms with Gasteiger partial charge in [-0.1, -0.05) is 48.0 Å². The van der Waals surface area contributed by atoms with Crippen LogP contribution < -0.4 is 0 Å². The second kappa shape index (κ2) is 9.20. The predicted octanol–water partition coefficient (Wildman–Crippen LogP) is 3.32. The quantitative estimate of drug-likeness (QED) is 0.545. The zero-order valence-electron chi connectivity index (χ0n) is 17.7. The number of carbonyl (C=O) groups is 1. The first-order valence-electron chi connectivity index (χ1n) is 10.2. The van der Waals surface area contributed by atoms with Crippen molar-refractivity contribution in [1.29, 1.82) is 0 Å². The van der Waals surface area contributed by atoms with Gasteiger partial charge in [-0.3, -0.25) is 4.79 Å². The molecule has 2 aromatic carbocycles. The minimum atomic E-state index is -4.38. The van der Waals surface area contributed by atoms with Crippen molar-refractivity contribution in [3.05, 3.63) is 82.1 Å². The van der Waals surface area contributed by atoms with Gasteiger partial charge < -0.3 is 4.90 Å². The molecule has 11 heteroatoms. The Morgan fingerprint density at radius 2 is 1.61 bits per heavy atom. The Hall–Kier alpha value is -2.82. The molecule has 0 saturated carbocycles. The van der Waals surface area contributed by atoms with Crippen LogP contribution in [0, 0.1) is 18.6 Å². The van der Waals surface area contributed by atoms with E-state index in [2.05, 4.69) is 5.10 Å². The van der Waals surface area contributed by atoms with Gasteiger partial charge >= 0.3 is 0 Å². The highest BCUT2D eigenvalue weighted by molar-refractivity contribution is 7.89. The second-order valence-electron chi connectivity index (χ2n) is 7.64. The standard InChI is InChI=1S/C22H21ClF2N4O3S/c1-15-19(21(23)29(26-15)14-16-6-3-2-4-7-16)22(30)27-10-12-28(13-11-27)33(31,32)20-17(24)8-5-9-18(20)25/h2-9H,10-14H2,1H3. The fourth-order valence-corrected chi connectivity index (χ4v) is 5.65. The summed E-state index contributed by atoms with van der Waals surface area (Å²) in [5, 5.41) is 4.58. The molecule has 0 unspecified atom stereocenters. The number of hydrogen-bond donors (Lipinski definition) is 0. The van der Waals surface area contributed by atoms with Crippen LogP contribution in [0.25, 0.3) is 0 Å². The van der Waals surface area contributed by atoms with Gasteiger partial charge in [-0.15, -0.1) is 0 Å². The molecular formula is C22H21ClF2N4O3S. The number of sulfonamides is 1. The van der Waals surface area contributed by atoms with Crippen LogP contribution in [0.1, 0.15) is 21.6 Å². The number of aromatic nitrogens is 2. The van der Waals surface area contributed by atoms with E-state index in [1.54, 1.807) is 11.6 Å². The van der Waals surface area contributed by atoms with E-state index in [0.29, 0.717) is 12.2 Å². The number of aryl methyl sites for hydroxylation is 1. The minimum Gasteiger partial charge on any atom is -0.336 e. The van der Waals surface area contributed by atoms with Crippen molar-refractivity contribution in [1.82, 2.24) is 19.0 Å². The van der Waals surface area contributed by atoms with Gasteiger partial charge in [0, 0.05) is 26.2 Å². The van der Waals surface area contributed by atoms with Crippen molar-refractivity contribution in [2.45, 2.75) is 18.4 Å². The summed E-state index contributed by atoms with van der Waals surface area (Å²) in [6, 6.07) is 12.4. The van der Waals surface area contributed by atoms with Crippen LogP contribution >= 0.6 is 11.6 Å². The van der Waals surface area contributed by atoms with Crippen molar-refractivity contribution in [3.63, 3.8) is 0 Å². The fourth-order valence-electron chi connectivity index (χ4n) is 3.81. The SMILES string of the molecule is Cc1nn(Cc2ccccc2)c(Cl)c1C(=O)N1CCN(S(=O)(=O)c2c(F)cccc2F)CC1. The number of rotatable bonds is 5. The molecule has 7 nitrogen and oxygen atoms in total. The van der Waals surface area contributed by atoms with E-state index in [-0.39, 0.29) is 42.8 Å². The summed E-state index contributed by atoms with van der Waals surface area (Å²) in [6.07, 6.45) is 0. The third-order valence-corrected chi connectivity index (χ3v) is 7.83. The third-order valence-electron chi connectivity index (χ3n) is 5.50. The fraction of sp³-hybridized carbons (Fsp3) is 0.273. The number of amides is 1. The summed E-state index contributed by atoms with van der Waals surface area (Å²) in [6.45, 7) is 1.98. The van der Waals surface area contributed by atoms with Gasteiger partial charge in [0.15, 0.2) is 4.90 Å². The van der Waals surface area contributed by atoms with Crippen LogP contribution in [-0.2, 0) is 16.6 Å². The second-order valence-corrected chi connectivity index (χ2v) is 9.87. The summed E-state index contributed by atoms with van der Waals surface area (Å²) >= 11 is 6.47. The maximum absolute atomic E-state index is 14.0. The molecule has 3 aromatic rings. The Morgan fingerprint density at radius 1 is 1.00 bits per heavy atom. The lowest BCUT2D eigenvalue weighted by Crippen LogP contribution is -2.50. The lowest BCUT2D eigenvalue weighted by molar-refractivity contribution is 0.0697. The molecule has 1 aliphatic rings. The molecule has 2 heterocycles. The number of benzene rings is 2. The van der Waals surface area contributed by atoms with Gasteiger partial charge in [-0.25, -0.2) is 21.9 Å². The number of carbonyl (C=O) groups excluding carboxylic acids is 1. The molecular weight excluding hydrogens is 474 g/mol. The first-order valence-corrected chi connectivity index (χ1v) is 12.0. The van der Waals surface area contributed by atoms with Gasteiger partial charge in [0.2, 0.25) is 10.0 Å². The van der Waals surface area contributed by atoms with E-state index < -0.39 is 26.6 Å². The molecule has 0 N–H and O–H groups in total. The Kier molecular flexibility index (Phi) is 6.51. The van der Waals surface area contributed by atoms with E-state index >= 15 is 0 Å². The molecule has 0 spiro atoms. The van der Waals surface area contributed by atoms with Crippen LogP contribution in [0.3, 0.4) is 0 Å². The lowest BCUT2D eigenvalue weighted by atomic mass is 10.2. The third kappa shape index (κ3) is 4.50. The van der Waals surface area contributed by atoms with Crippen LogP contribution in [0.15, 0.2) is 53.4 Å². The lowest BCUT2D eigenvalue weighted by Gasteiger charge is -2.34. The zero-order chi connectivity index (χ0) is 23.8. The average molecular weight is 495 g/mol. The molecule has 1 aliphatic heterocycles. The van der Waals surface area contributed by atoms with Gasteiger partial charge in [-0.05, 0) is 24.6 Å². The highest BCUT2D eigenvalue weighted by atomic mass is 35.5. The summed E-state index contributed by atoms with van der Waals surface area (Å²) in [7, 11) is -4.38. The molecule has 174 valence electrons. The normalized spacial score (nSPS) is 15.1. The Morgan fingerprint density at radius 3 is 2.21 bits per heavy atom. The van der Waals surface area contributed by atoms with Crippen molar-refractivity contribution >= 4 is 27.5 Å². The molecule has 1 saturated heterocycles. The average Bonchev–Trinajstić information content (AvgIpc) is 3.06. The van der Waals surface area contributed by atoms with Gasteiger partial charge in [-0.2, -0.15) is 9.40 Å². The Bertz CT molecular complexity index is 1270. The van der Waals surface area contributed by atoms with Crippen LogP contribution in [0.4, 0.5) is 8.78 Å². The Balaban J connectivity index is 1.49. The number of piperazine rings is 1. The van der Waals surface area contributed by atoms with E-state index in [4.69, 9.17) is 11.6 Å². The summed E-state index contributed by atoms with van der Waals surface area (Å²) in [4.78, 5) is 13.6. The smallest absolute Gasteiger partial charge is 0.258 e. The number of nitrogens with zero attached hydrogens (tertiary/aromatic N) is 4. The molecule has 0 aliphatic carbocycles. The molecule has 0 radical (unpaired) electrons. The van der Waals surface area contributed by atoms with E-state index in [1.807, 2.05) is 30.3 Å². The van der Waals surface area contributed by atoms with E-state index in [0.717, 1.165) is 28.1 Å². The first kappa shape index (κ1) is 23.3. The summed E-state index contributed by atoms with van der Waals surface area (Å²) in [5.41, 5.74) is 1.69. The van der Waals surface area contributed by atoms with Crippen LogP contribution in [-0.4, -0.2) is 59.5 Å². The molecule has 1 aromatic heterocycles. The molecule has 0 atom stereocenters. The van der Waals surface area contributed by atoms with Crippen LogP contribution in [0.5, 0.6) is 0 Å². The maximum atomic E-state index is 14.0. The van der Waals surface area contributed by atoms with Gasteiger partial charge in [0.05, 0.1) is 17.8 Å². The highest BCUT2D eigenvalue weighted by Crippen LogP contribution is 2.26. The molecule has 4 rings (SSSR count). The largest absolute Gasteiger partial charge is 0.336 e. The number of hydrogen-bond acceptors (Lipinski definition) is 4. The molecule has 0 bridgehead atoms. The molecule has 1 amide bonds. The van der Waals surface area contributed by atoms with E-state index in [1.165, 1.54) is 4.90 Å². The topological polar surface area (TPSA) is 75.5 Å². The van der Waals surface area contributed by atoms with Crippen molar-refractivity contribution in [2.24, 2.45) is 0 Å². The zero-order valence-corrected chi connectivity index (χ0v) is 19.3. The van der Waals surface area contributed by atoms with Crippen molar-refractivity contribution in [3.8, 4) is 0 Å². The Labute approximate surface area is 195 Å². The van der Waals surface area contributed by atoms with Gasteiger partial charge in [0.1, 0.15) is 16.8 Å². The predicted molar refractivity (Wildman–Crippen MR) is 119 cm³/mol. The number of halogens is 3. The maximum Gasteiger partial charge on any atom is 0.258 e. The summed E-state index contributed by atoms with van der Waals surface area (Å²) < 4.78 is 56.1. The highest BCUT2D eigenvalue weighted by Gasteiger charge is 2.35. The first-order chi connectivity index (χ1) is 15.7.